The van der Waals surface area contributed by atoms with Crippen LogP contribution in [0.1, 0.15) is 6.23 Å². The van der Waals surface area contributed by atoms with Gasteiger partial charge in [0.1, 0.15) is 36.1 Å². The first-order chi connectivity index (χ1) is 13.2. The average molecular weight is 445 g/mol. The van der Waals surface area contributed by atoms with Crippen LogP contribution in [0, 0.1) is 5.82 Å². The number of aliphatic hydroxyl groups excluding tert-OH is 3. The van der Waals surface area contributed by atoms with Crippen molar-refractivity contribution >= 4 is 23.5 Å². The van der Waals surface area contributed by atoms with Crippen molar-refractivity contribution in [1.29, 1.82) is 0 Å². The Labute approximate surface area is 189 Å². The summed E-state index contributed by atoms with van der Waals surface area (Å²) in [5.74, 6) is -2.95. The van der Waals surface area contributed by atoms with Crippen LogP contribution < -0.4 is 46.1 Å². The van der Waals surface area contributed by atoms with E-state index >= 15 is 0 Å². The Morgan fingerprint density at radius 2 is 2.07 bits per heavy atom. The number of carbonyl (C=O) groups excluding carboxylic acids is 1. The molecule has 0 radical (unpaired) electrons. The minimum Gasteiger partial charge on any atom is -0.547 e. The first kappa shape index (κ1) is 24.5. The molecule has 0 unspecified atom stereocenters. The molecule has 1 aromatic rings. The number of ether oxygens (including phenoxy) is 3. The number of hydrogen-bond acceptors (Lipinski definition) is 12. The van der Waals surface area contributed by atoms with Gasteiger partial charge in [-0.05, 0) is 0 Å². The molecule has 2 aliphatic heterocycles. The fraction of sp³-hybridized carbons (Fsp3) is 0.643. The molecule has 3 rings (SSSR count). The van der Waals surface area contributed by atoms with Crippen molar-refractivity contribution in [1.82, 2.24) is 9.55 Å². The van der Waals surface area contributed by atoms with Crippen LogP contribution in [0.3, 0.4) is 0 Å². The fourth-order valence-electron chi connectivity index (χ4n) is 2.69. The quantitative estimate of drug-likeness (QED) is 0.314. The molecule has 156 valence electrons. The van der Waals surface area contributed by atoms with Gasteiger partial charge in [0.15, 0.2) is 17.9 Å². The van der Waals surface area contributed by atoms with Gasteiger partial charge in [-0.2, -0.15) is 4.98 Å². The molecule has 2 saturated heterocycles. The van der Waals surface area contributed by atoms with Crippen LogP contribution >= 0.6 is 11.8 Å². The minimum atomic E-state index is -1.89. The number of rotatable bonds is 5. The number of carboxylic acids is 1. The van der Waals surface area contributed by atoms with E-state index in [2.05, 4.69) is 4.98 Å². The Morgan fingerprint density at radius 3 is 2.72 bits per heavy atom. The summed E-state index contributed by atoms with van der Waals surface area (Å²) in [6.07, 6.45) is -8.87. The maximum Gasteiger partial charge on any atom is 1.00 e. The molecule has 0 amide bonds. The number of thioether (sulfide) groups is 1. The van der Waals surface area contributed by atoms with E-state index in [9.17, 15) is 34.4 Å². The second kappa shape index (κ2) is 10.00. The van der Waals surface area contributed by atoms with E-state index in [1.807, 2.05) is 0 Å². The topological polar surface area (TPSA) is 189 Å². The van der Waals surface area contributed by atoms with Crippen LogP contribution in [0.2, 0.25) is 0 Å². The van der Waals surface area contributed by atoms with Gasteiger partial charge in [-0.15, -0.1) is 11.8 Å². The van der Waals surface area contributed by atoms with E-state index in [0.717, 1.165) is 10.8 Å². The smallest absolute Gasteiger partial charge is 0.547 e. The molecular weight excluding hydrogens is 428 g/mol. The minimum absolute atomic E-state index is 0. The Bertz CT molecular complexity index is 802. The fourth-order valence-corrected chi connectivity index (χ4v) is 3.69. The number of anilines is 1. The monoisotopic (exact) mass is 445 g/mol. The number of nitrogen functional groups attached to an aromatic ring is 1. The van der Waals surface area contributed by atoms with Gasteiger partial charge in [-0.3, -0.25) is 4.57 Å². The van der Waals surface area contributed by atoms with E-state index in [1.165, 1.54) is 11.8 Å². The van der Waals surface area contributed by atoms with Crippen molar-refractivity contribution < 1.29 is 73.4 Å². The maximum atomic E-state index is 13.5. The predicted octanol–water partition coefficient (Wildman–Crippen LogP) is -6.87. The number of aliphatic hydroxyl groups is 3. The zero-order chi connectivity index (χ0) is 20.6. The van der Waals surface area contributed by atoms with Crippen molar-refractivity contribution in [2.45, 2.75) is 42.4 Å². The molecule has 1 aromatic heterocycles. The van der Waals surface area contributed by atoms with Crippen LogP contribution in [-0.4, -0.2) is 79.3 Å². The first-order valence-electron chi connectivity index (χ1n) is 8.02. The van der Waals surface area contributed by atoms with Crippen LogP contribution in [0.25, 0.3) is 0 Å². The van der Waals surface area contributed by atoms with Gasteiger partial charge < -0.3 is 45.2 Å². The molecule has 2 fully saturated rings. The van der Waals surface area contributed by atoms with Gasteiger partial charge in [-0.1, -0.05) is 0 Å². The van der Waals surface area contributed by atoms with Gasteiger partial charge in [0, 0.05) is 5.75 Å². The summed E-state index contributed by atoms with van der Waals surface area (Å²) in [6, 6.07) is 0. The molecule has 2 aliphatic rings. The number of halogens is 1. The summed E-state index contributed by atoms with van der Waals surface area (Å²) in [7, 11) is 0. The summed E-state index contributed by atoms with van der Waals surface area (Å²) in [4.78, 5) is 26.1. The normalized spacial score (nSPS) is 34.6. The summed E-state index contributed by atoms with van der Waals surface area (Å²) in [5.41, 5.74) is 3.74. The first-order valence-corrected chi connectivity index (χ1v) is 9.07. The van der Waals surface area contributed by atoms with Gasteiger partial charge >= 0.3 is 35.2 Å². The van der Waals surface area contributed by atoms with Crippen molar-refractivity contribution in [3.63, 3.8) is 0 Å². The number of hydrogen-bond donors (Lipinski definition) is 4. The van der Waals surface area contributed by atoms with E-state index in [4.69, 9.17) is 19.9 Å². The van der Waals surface area contributed by atoms with E-state index in [-0.39, 0.29) is 41.9 Å². The van der Waals surface area contributed by atoms with Gasteiger partial charge in [0.05, 0.1) is 18.8 Å². The van der Waals surface area contributed by atoms with E-state index in [0.29, 0.717) is 0 Å². The van der Waals surface area contributed by atoms with E-state index < -0.39 is 65.7 Å². The molecule has 7 atom stereocenters. The molecule has 12 nitrogen and oxygen atoms in total. The Kier molecular flexibility index (Phi) is 8.43. The second-order valence-electron chi connectivity index (χ2n) is 6.07. The summed E-state index contributed by atoms with van der Waals surface area (Å²) >= 11 is 1.20. The molecular formula is C14H17FN3NaO9S. The Balaban J connectivity index is 0.00000300. The molecule has 0 spiro atoms. The van der Waals surface area contributed by atoms with E-state index in [1.54, 1.807) is 0 Å². The number of carboxylic acid groups (broad SMARTS) is 1. The van der Waals surface area contributed by atoms with Gasteiger partial charge in [0.25, 0.3) is 0 Å². The maximum absolute atomic E-state index is 13.5. The Hall–Kier alpha value is -0.810. The SMILES string of the molecule is Nc1nc(=O)n([C@@H]2CS[C@H](CO[C@@H]3O[C@H](C(=O)[O-])[C@@H](O)[C@H](O)[C@H]3O)O2)cc1F.[Na+]. The number of nitrogens with zero attached hydrogens (tertiary/aromatic N) is 2. The third-order valence-electron chi connectivity index (χ3n) is 4.18. The zero-order valence-corrected chi connectivity index (χ0v) is 17.9. The summed E-state index contributed by atoms with van der Waals surface area (Å²) < 4.78 is 30.2. The van der Waals surface area contributed by atoms with Crippen LogP contribution in [0.4, 0.5) is 10.2 Å². The molecule has 15 heteroatoms. The summed E-state index contributed by atoms with van der Waals surface area (Å²) in [6.45, 7) is -0.231. The van der Waals surface area contributed by atoms with Crippen LogP contribution in [0.5, 0.6) is 0 Å². The van der Waals surface area contributed by atoms with Crippen molar-refractivity contribution in [2.75, 3.05) is 18.1 Å². The molecule has 5 N–H and O–H groups in total. The third-order valence-corrected chi connectivity index (χ3v) is 5.27. The largest absolute Gasteiger partial charge is 1.00 e. The molecule has 0 bridgehead atoms. The van der Waals surface area contributed by atoms with Crippen LogP contribution in [-0.2, 0) is 19.0 Å². The summed E-state index contributed by atoms with van der Waals surface area (Å²) in [5, 5.41) is 40.1. The molecule has 3 heterocycles. The van der Waals surface area contributed by atoms with Crippen molar-refractivity contribution in [3.8, 4) is 0 Å². The average Bonchev–Trinajstić information content (AvgIpc) is 3.10. The second-order valence-corrected chi connectivity index (χ2v) is 7.26. The van der Waals surface area contributed by atoms with Crippen LogP contribution in [0.15, 0.2) is 11.0 Å². The molecule has 0 aromatic carbocycles. The Morgan fingerprint density at radius 1 is 1.38 bits per heavy atom. The predicted molar refractivity (Wildman–Crippen MR) is 86.9 cm³/mol. The molecule has 0 saturated carbocycles. The standard InChI is InChI=1S/C14H18FN3O9S.Na/c15-4-1-18(14(24)17-11(4)16)5-3-28-6(26-5)2-25-13-9(21)7(19)8(20)10(27-13)12(22)23;/h1,5-10,13,19-21H,2-3H2,(H,22,23)(H2,16,17,24);/q;+1/p-1/t5-,6+,7-,8-,9+,10-,13+;/m0./s1. The number of nitrogens with two attached hydrogens (primary N) is 1. The van der Waals surface area contributed by atoms with Gasteiger partial charge in [-0.25, -0.2) is 9.18 Å². The van der Waals surface area contributed by atoms with Gasteiger partial charge in [0.2, 0.25) is 0 Å². The molecule has 0 aliphatic carbocycles. The number of aliphatic carboxylic acids is 1. The van der Waals surface area contributed by atoms with Crippen molar-refractivity contribution in [2.24, 2.45) is 0 Å². The van der Waals surface area contributed by atoms with Crippen molar-refractivity contribution in [3.05, 3.63) is 22.5 Å². The third kappa shape index (κ3) is 5.28. The zero-order valence-electron chi connectivity index (χ0n) is 15.1. The molecule has 29 heavy (non-hydrogen) atoms. The number of aromatic nitrogens is 2. The number of carbonyl (C=O) groups is 1.